The molecule has 1 aromatic heterocycles. The lowest BCUT2D eigenvalue weighted by atomic mass is 9.85. The van der Waals surface area contributed by atoms with E-state index < -0.39 is 0 Å². The Morgan fingerprint density at radius 1 is 1.60 bits per heavy atom. The number of anilines is 1. The topological polar surface area (TPSA) is 67.2 Å². The molecule has 1 saturated heterocycles. The second-order valence-corrected chi connectivity index (χ2v) is 5.75. The van der Waals surface area contributed by atoms with Gasteiger partial charge in [0, 0.05) is 6.42 Å². The van der Waals surface area contributed by atoms with Gasteiger partial charge in [0.25, 0.3) is 0 Å². The molecule has 5 nitrogen and oxygen atoms in total. The normalized spacial score (nSPS) is 20.6. The molecular weight excluding hydrogens is 254 g/mol. The van der Waals surface area contributed by atoms with Crippen LogP contribution in [0.3, 0.4) is 0 Å². The van der Waals surface area contributed by atoms with Crippen LogP contribution in [0.25, 0.3) is 0 Å². The molecule has 0 radical (unpaired) electrons. The van der Waals surface area contributed by atoms with Crippen LogP contribution < -0.4 is 10.6 Å². The maximum Gasteiger partial charge on any atom is 0.224 e. The number of piperidine rings is 1. The number of amides is 1. The highest BCUT2D eigenvalue weighted by atomic mass is 16.5. The zero-order chi connectivity index (χ0) is 14.5. The molecule has 0 spiro atoms. The van der Waals surface area contributed by atoms with Gasteiger partial charge in [-0.1, -0.05) is 19.0 Å². The fraction of sp³-hybridized carbons (Fsp3) is 0.733. The van der Waals surface area contributed by atoms with Crippen molar-refractivity contribution in [2.75, 3.05) is 18.4 Å². The molecule has 0 bridgehead atoms. The van der Waals surface area contributed by atoms with Crippen molar-refractivity contribution < 1.29 is 9.32 Å². The number of nitrogens with one attached hydrogen (secondary N) is 2. The second-order valence-electron chi connectivity index (χ2n) is 5.75. The van der Waals surface area contributed by atoms with Crippen molar-refractivity contribution >= 4 is 11.6 Å². The number of carbonyl (C=O) groups excluding carboxylic acids is 1. The van der Waals surface area contributed by atoms with E-state index in [0.29, 0.717) is 24.0 Å². The van der Waals surface area contributed by atoms with Crippen LogP contribution >= 0.6 is 0 Å². The van der Waals surface area contributed by atoms with Crippen molar-refractivity contribution in [2.45, 2.75) is 46.5 Å². The van der Waals surface area contributed by atoms with Crippen LogP contribution in [0.2, 0.25) is 0 Å². The summed E-state index contributed by atoms with van der Waals surface area (Å²) in [5.74, 6) is 1.74. The zero-order valence-electron chi connectivity index (χ0n) is 12.7. The van der Waals surface area contributed by atoms with Gasteiger partial charge < -0.3 is 15.2 Å². The molecule has 1 amide bonds. The van der Waals surface area contributed by atoms with Crippen molar-refractivity contribution in [2.24, 2.45) is 11.8 Å². The average Bonchev–Trinajstić information content (AvgIpc) is 2.80. The first-order valence-corrected chi connectivity index (χ1v) is 7.57. The van der Waals surface area contributed by atoms with E-state index in [1.54, 1.807) is 0 Å². The maximum absolute atomic E-state index is 12.2. The van der Waals surface area contributed by atoms with E-state index in [1.807, 2.05) is 13.8 Å². The maximum atomic E-state index is 12.2. The number of carbonyl (C=O) groups is 1. The third kappa shape index (κ3) is 3.60. The van der Waals surface area contributed by atoms with Gasteiger partial charge in [-0.25, -0.2) is 0 Å². The monoisotopic (exact) mass is 279 g/mol. The van der Waals surface area contributed by atoms with Crippen LogP contribution in [0.1, 0.15) is 44.6 Å². The minimum Gasteiger partial charge on any atom is -0.359 e. The van der Waals surface area contributed by atoms with Crippen LogP contribution in [0.15, 0.2) is 4.52 Å². The van der Waals surface area contributed by atoms with E-state index in [0.717, 1.165) is 30.9 Å². The van der Waals surface area contributed by atoms with E-state index in [-0.39, 0.29) is 5.91 Å². The minimum absolute atomic E-state index is 0.0593. The van der Waals surface area contributed by atoms with Crippen molar-refractivity contribution in [1.29, 1.82) is 0 Å². The molecule has 0 saturated carbocycles. The fourth-order valence-electron chi connectivity index (χ4n) is 2.83. The summed E-state index contributed by atoms with van der Waals surface area (Å²) in [6.07, 6.45) is 3.74. The first kappa shape index (κ1) is 15.0. The summed E-state index contributed by atoms with van der Waals surface area (Å²) in [5.41, 5.74) is 1.58. The van der Waals surface area contributed by atoms with Crippen molar-refractivity contribution in [1.82, 2.24) is 10.5 Å². The molecule has 2 heterocycles. The highest BCUT2D eigenvalue weighted by Crippen LogP contribution is 2.25. The van der Waals surface area contributed by atoms with Crippen LogP contribution in [0, 0.1) is 18.8 Å². The number of nitrogens with zero attached hydrogens (tertiary/aromatic N) is 1. The van der Waals surface area contributed by atoms with E-state index in [1.165, 1.54) is 12.8 Å². The van der Waals surface area contributed by atoms with Crippen LogP contribution in [0.5, 0.6) is 0 Å². The van der Waals surface area contributed by atoms with Crippen LogP contribution in [-0.2, 0) is 11.2 Å². The molecule has 2 rings (SSSR count). The van der Waals surface area contributed by atoms with E-state index in [4.69, 9.17) is 4.52 Å². The standard InChI is InChI=1S/C15H25N3O2/c1-4-13-15(11(3)20-18-13)17-14(19)8-10(2)12-6-5-7-16-9-12/h10,12,16H,4-9H2,1-3H3,(H,17,19). The third-order valence-corrected chi connectivity index (χ3v) is 4.18. The Hall–Kier alpha value is -1.36. The molecule has 2 atom stereocenters. The van der Waals surface area contributed by atoms with Gasteiger partial charge in [0.15, 0.2) is 5.76 Å². The van der Waals surface area contributed by atoms with Crippen LogP contribution in [-0.4, -0.2) is 24.2 Å². The van der Waals surface area contributed by atoms with Gasteiger partial charge >= 0.3 is 0 Å². The van der Waals surface area contributed by atoms with Gasteiger partial charge in [0.05, 0.1) is 0 Å². The molecule has 2 N–H and O–H groups in total. The summed E-state index contributed by atoms with van der Waals surface area (Å²) in [4.78, 5) is 12.2. The number of hydrogen-bond donors (Lipinski definition) is 2. The summed E-state index contributed by atoms with van der Waals surface area (Å²) in [6, 6.07) is 0. The predicted octanol–water partition coefficient (Wildman–Crippen LogP) is 2.51. The summed E-state index contributed by atoms with van der Waals surface area (Å²) in [5, 5.41) is 10.3. The molecule has 1 aliphatic rings. The molecule has 20 heavy (non-hydrogen) atoms. The highest BCUT2D eigenvalue weighted by Gasteiger charge is 2.23. The Morgan fingerprint density at radius 3 is 3.05 bits per heavy atom. The molecule has 1 fully saturated rings. The van der Waals surface area contributed by atoms with Crippen molar-refractivity contribution in [3.63, 3.8) is 0 Å². The second kappa shape index (κ2) is 6.88. The van der Waals surface area contributed by atoms with Gasteiger partial charge in [0.1, 0.15) is 11.4 Å². The van der Waals surface area contributed by atoms with Crippen LogP contribution in [0.4, 0.5) is 5.69 Å². The first-order chi connectivity index (χ1) is 9.61. The Morgan fingerprint density at radius 2 is 2.40 bits per heavy atom. The highest BCUT2D eigenvalue weighted by molar-refractivity contribution is 5.91. The fourth-order valence-corrected chi connectivity index (χ4v) is 2.83. The lowest BCUT2D eigenvalue weighted by Crippen LogP contribution is -2.34. The molecule has 2 unspecified atom stereocenters. The Kier molecular flexibility index (Phi) is 5.17. The molecule has 0 aromatic carbocycles. The predicted molar refractivity (Wildman–Crippen MR) is 78.6 cm³/mol. The Labute approximate surface area is 120 Å². The minimum atomic E-state index is 0.0593. The number of aromatic nitrogens is 1. The molecule has 112 valence electrons. The van der Waals surface area contributed by atoms with E-state index in [9.17, 15) is 4.79 Å². The van der Waals surface area contributed by atoms with Gasteiger partial charge in [-0.2, -0.15) is 0 Å². The molecule has 0 aliphatic carbocycles. The summed E-state index contributed by atoms with van der Waals surface area (Å²) < 4.78 is 5.13. The number of aryl methyl sites for hydroxylation is 2. The lowest BCUT2D eigenvalue weighted by Gasteiger charge is -2.28. The smallest absolute Gasteiger partial charge is 0.224 e. The number of hydrogen-bond acceptors (Lipinski definition) is 4. The zero-order valence-corrected chi connectivity index (χ0v) is 12.7. The lowest BCUT2D eigenvalue weighted by molar-refractivity contribution is -0.117. The van der Waals surface area contributed by atoms with Gasteiger partial charge in [0.2, 0.25) is 5.91 Å². The van der Waals surface area contributed by atoms with Gasteiger partial charge in [-0.3, -0.25) is 4.79 Å². The first-order valence-electron chi connectivity index (χ1n) is 7.57. The Balaban J connectivity index is 1.89. The summed E-state index contributed by atoms with van der Waals surface area (Å²) in [6.45, 7) is 8.13. The third-order valence-electron chi connectivity index (χ3n) is 4.18. The summed E-state index contributed by atoms with van der Waals surface area (Å²) >= 11 is 0. The van der Waals surface area contributed by atoms with E-state index in [2.05, 4.69) is 22.7 Å². The average molecular weight is 279 g/mol. The van der Waals surface area contributed by atoms with E-state index >= 15 is 0 Å². The number of rotatable bonds is 5. The molecule has 1 aromatic rings. The molecule has 1 aliphatic heterocycles. The SMILES string of the molecule is CCc1noc(C)c1NC(=O)CC(C)C1CCCNC1. The van der Waals surface area contributed by atoms with Gasteiger partial charge in [-0.15, -0.1) is 0 Å². The largest absolute Gasteiger partial charge is 0.359 e. The summed E-state index contributed by atoms with van der Waals surface area (Å²) in [7, 11) is 0. The van der Waals surface area contributed by atoms with Gasteiger partial charge in [-0.05, 0) is 51.1 Å². The molecule has 5 heteroatoms. The quantitative estimate of drug-likeness (QED) is 0.869. The van der Waals surface area contributed by atoms with Crippen molar-refractivity contribution in [3.05, 3.63) is 11.5 Å². The van der Waals surface area contributed by atoms with Crippen molar-refractivity contribution in [3.8, 4) is 0 Å². The Bertz CT molecular complexity index is 450. The molecular formula is C15H25N3O2.